The summed E-state index contributed by atoms with van der Waals surface area (Å²) in [7, 11) is 0. The van der Waals surface area contributed by atoms with E-state index in [2.05, 4.69) is 26.8 Å². The first-order chi connectivity index (χ1) is 11.1. The molecule has 1 fully saturated rings. The van der Waals surface area contributed by atoms with E-state index in [0.717, 1.165) is 24.5 Å². The maximum Gasteiger partial charge on any atom is 0.274 e. The molecule has 0 unspecified atom stereocenters. The van der Waals surface area contributed by atoms with Crippen molar-refractivity contribution in [2.45, 2.75) is 19.9 Å². The van der Waals surface area contributed by atoms with Gasteiger partial charge in [-0.3, -0.25) is 19.7 Å². The maximum absolute atomic E-state index is 12.5. The van der Waals surface area contributed by atoms with Gasteiger partial charge in [0.25, 0.3) is 5.91 Å². The molecular weight excluding hydrogens is 290 g/mol. The van der Waals surface area contributed by atoms with Gasteiger partial charge in [-0.1, -0.05) is 6.07 Å². The molecular formula is C17H21N5O. The van der Waals surface area contributed by atoms with E-state index >= 15 is 0 Å². The van der Waals surface area contributed by atoms with E-state index in [4.69, 9.17) is 0 Å². The van der Waals surface area contributed by atoms with E-state index in [-0.39, 0.29) is 11.9 Å². The van der Waals surface area contributed by atoms with Crippen LogP contribution in [0.5, 0.6) is 0 Å². The average Bonchev–Trinajstić information content (AvgIpc) is 2.62. The van der Waals surface area contributed by atoms with Crippen molar-refractivity contribution >= 4 is 5.91 Å². The number of aryl methyl sites for hydroxylation is 1. The molecule has 0 saturated carbocycles. The molecule has 1 aliphatic rings. The lowest BCUT2D eigenvalue weighted by molar-refractivity contribution is 0.0573. The molecule has 1 amide bonds. The smallest absolute Gasteiger partial charge is 0.274 e. The Morgan fingerprint density at radius 1 is 1.09 bits per heavy atom. The van der Waals surface area contributed by atoms with Crippen LogP contribution in [0.3, 0.4) is 0 Å². The molecule has 0 bridgehead atoms. The first-order valence-corrected chi connectivity index (χ1v) is 7.88. The van der Waals surface area contributed by atoms with Crippen molar-refractivity contribution in [1.82, 2.24) is 24.8 Å². The summed E-state index contributed by atoms with van der Waals surface area (Å²) in [6.07, 6.45) is 5.01. The number of amides is 1. The van der Waals surface area contributed by atoms with E-state index in [1.807, 2.05) is 36.2 Å². The highest BCUT2D eigenvalue weighted by Gasteiger charge is 2.26. The third-order valence-corrected chi connectivity index (χ3v) is 4.27. The van der Waals surface area contributed by atoms with Crippen molar-refractivity contribution in [2.75, 3.05) is 26.2 Å². The van der Waals surface area contributed by atoms with Crippen LogP contribution in [0.15, 0.2) is 36.8 Å². The van der Waals surface area contributed by atoms with Crippen LogP contribution in [-0.4, -0.2) is 56.8 Å². The molecule has 120 valence electrons. The van der Waals surface area contributed by atoms with Crippen LogP contribution in [0.2, 0.25) is 0 Å². The summed E-state index contributed by atoms with van der Waals surface area (Å²) in [6, 6.07) is 6.24. The molecule has 1 saturated heterocycles. The van der Waals surface area contributed by atoms with Gasteiger partial charge in [0, 0.05) is 44.6 Å². The molecule has 0 aromatic carbocycles. The summed E-state index contributed by atoms with van der Waals surface area (Å²) in [4.78, 5) is 29.4. The van der Waals surface area contributed by atoms with Gasteiger partial charge in [0.2, 0.25) is 0 Å². The Balaban J connectivity index is 1.60. The third-order valence-electron chi connectivity index (χ3n) is 4.27. The topological polar surface area (TPSA) is 62.2 Å². The number of pyridine rings is 1. The Hall–Kier alpha value is -2.34. The highest BCUT2D eigenvalue weighted by molar-refractivity contribution is 5.92. The number of carbonyl (C=O) groups is 1. The van der Waals surface area contributed by atoms with Gasteiger partial charge in [-0.25, -0.2) is 4.98 Å². The molecule has 0 spiro atoms. The summed E-state index contributed by atoms with van der Waals surface area (Å²) >= 11 is 0. The van der Waals surface area contributed by atoms with E-state index in [9.17, 15) is 4.79 Å². The lowest BCUT2D eigenvalue weighted by atomic mass is 10.1. The van der Waals surface area contributed by atoms with E-state index in [1.165, 1.54) is 0 Å². The number of rotatable bonds is 3. The van der Waals surface area contributed by atoms with E-state index < -0.39 is 0 Å². The fraction of sp³-hybridized carbons (Fsp3) is 0.412. The average molecular weight is 311 g/mol. The number of piperazine rings is 1. The second-order valence-corrected chi connectivity index (χ2v) is 5.80. The summed E-state index contributed by atoms with van der Waals surface area (Å²) in [5, 5.41) is 0. The van der Waals surface area contributed by atoms with Crippen molar-refractivity contribution in [3.63, 3.8) is 0 Å². The van der Waals surface area contributed by atoms with Gasteiger partial charge < -0.3 is 4.90 Å². The van der Waals surface area contributed by atoms with Gasteiger partial charge in [-0.05, 0) is 26.0 Å². The molecule has 6 heteroatoms. The lowest BCUT2D eigenvalue weighted by Gasteiger charge is -2.37. The van der Waals surface area contributed by atoms with Crippen molar-refractivity contribution in [3.05, 3.63) is 53.9 Å². The zero-order chi connectivity index (χ0) is 16.2. The predicted molar refractivity (Wildman–Crippen MR) is 86.9 cm³/mol. The summed E-state index contributed by atoms with van der Waals surface area (Å²) < 4.78 is 0. The fourth-order valence-electron chi connectivity index (χ4n) is 2.79. The molecule has 3 heterocycles. The van der Waals surface area contributed by atoms with Gasteiger partial charge in [-0.2, -0.15) is 0 Å². The third kappa shape index (κ3) is 3.53. The van der Waals surface area contributed by atoms with Crippen molar-refractivity contribution in [2.24, 2.45) is 0 Å². The molecule has 2 aromatic heterocycles. The Labute approximate surface area is 136 Å². The minimum atomic E-state index is -0.0392. The van der Waals surface area contributed by atoms with Crippen LogP contribution >= 0.6 is 0 Å². The van der Waals surface area contributed by atoms with Crippen LogP contribution in [0.4, 0.5) is 0 Å². The summed E-state index contributed by atoms with van der Waals surface area (Å²) in [5.74, 6) is -0.0392. The highest BCUT2D eigenvalue weighted by Crippen LogP contribution is 2.19. The van der Waals surface area contributed by atoms with Crippen LogP contribution < -0.4 is 0 Å². The lowest BCUT2D eigenvalue weighted by Crippen LogP contribution is -2.49. The van der Waals surface area contributed by atoms with Gasteiger partial charge in [0.15, 0.2) is 0 Å². The van der Waals surface area contributed by atoms with Crippen LogP contribution in [0.25, 0.3) is 0 Å². The van der Waals surface area contributed by atoms with Gasteiger partial charge in [0.05, 0.1) is 17.6 Å². The number of nitrogens with zero attached hydrogens (tertiary/aromatic N) is 5. The standard InChI is InChI=1S/C17H21N5O/c1-13-11-20-16(12-19-13)17(23)22-9-7-21(8-10-22)14(2)15-5-3-4-6-18-15/h3-6,11-12,14H,7-10H2,1-2H3/t14-/m0/s1. The second-order valence-electron chi connectivity index (χ2n) is 5.80. The fourth-order valence-corrected chi connectivity index (χ4v) is 2.79. The molecule has 23 heavy (non-hydrogen) atoms. The largest absolute Gasteiger partial charge is 0.335 e. The van der Waals surface area contributed by atoms with Crippen molar-refractivity contribution < 1.29 is 4.79 Å². The molecule has 1 atom stereocenters. The number of carbonyl (C=O) groups excluding carboxylic acids is 1. The number of hydrogen-bond acceptors (Lipinski definition) is 5. The molecule has 2 aromatic rings. The summed E-state index contributed by atoms with van der Waals surface area (Å²) in [6.45, 7) is 7.09. The molecule has 0 aliphatic carbocycles. The predicted octanol–water partition coefficient (Wildman–Crippen LogP) is 1.70. The van der Waals surface area contributed by atoms with Crippen LogP contribution in [0, 0.1) is 6.92 Å². The van der Waals surface area contributed by atoms with Crippen LogP contribution in [0.1, 0.15) is 34.8 Å². The van der Waals surface area contributed by atoms with Gasteiger partial charge >= 0.3 is 0 Å². The second kappa shape index (κ2) is 6.83. The van der Waals surface area contributed by atoms with Crippen LogP contribution in [-0.2, 0) is 0 Å². The van der Waals surface area contributed by atoms with Gasteiger partial charge in [-0.15, -0.1) is 0 Å². The molecule has 3 rings (SSSR count). The normalized spacial score (nSPS) is 17.0. The van der Waals surface area contributed by atoms with Crippen molar-refractivity contribution in [3.8, 4) is 0 Å². The Morgan fingerprint density at radius 2 is 1.87 bits per heavy atom. The maximum atomic E-state index is 12.5. The quantitative estimate of drug-likeness (QED) is 0.863. The Morgan fingerprint density at radius 3 is 2.48 bits per heavy atom. The monoisotopic (exact) mass is 311 g/mol. The number of hydrogen-bond donors (Lipinski definition) is 0. The SMILES string of the molecule is Cc1cnc(C(=O)N2CCN([C@@H](C)c3ccccn3)CC2)cn1. The van der Waals surface area contributed by atoms with Crippen molar-refractivity contribution in [1.29, 1.82) is 0 Å². The van der Waals surface area contributed by atoms with Gasteiger partial charge in [0.1, 0.15) is 5.69 Å². The number of aromatic nitrogens is 3. The van der Waals surface area contributed by atoms with E-state index in [1.54, 1.807) is 12.4 Å². The first-order valence-electron chi connectivity index (χ1n) is 7.88. The highest BCUT2D eigenvalue weighted by atomic mass is 16.2. The molecule has 1 aliphatic heterocycles. The summed E-state index contributed by atoms with van der Waals surface area (Å²) in [5.41, 5.74) is 2.30. The van der Waals surface area contributed by atoms with E-state index in [0.29, 0.717) is 18.8 Å². The molecule has 0 radical (unpaired) electrons. The first kappa shape index (κ1) is 15.6. The molecule has 0 N–H and O–H groups in total. The Kier molecular flexibility index (Phi) is 4.62. The Bertz CT molecular complexity index is 650. The molecule has 6 nitrogen and oxygen atoms in total. The zero-order valence-corrected chi connectivity index (χ0v) is 13.5. The minimum Gasteiger partial charge on any atom is -0.335 e. The zero-order valence-electron chi connectivity index (χ0n) is 13.5. The minimum absolute atomic E-state index is 0.0392.